The third-order valence-corrected chi connectivity index (χ3v) is 11.9. The van der Waals surface area contributed by atoms with E-state index in [2.05, 4.69) is 75.8 Å². The molecule has 2 N–H and O–H groups in total. The van der Waals surface area contributed by atoms with E-state index in [1.807, 2.05) is 18.2 Å². The van der Waals surface area contributed by atoms with Gasteiger partial charge in [0.15, 0.2) is 0 Å². The first kappa shape index (κ1) is 42.8. The van der Waals surface area contributed by atoms with E-state index in [1.54, 1.807) is 0 Å². The smallest absolute Gasteiger partial charge is 0.309 e. The first-order valence-electron chi connectivity index (χ1n) is 21.0. The molecule has 0 amide bonds. The Morgan fingerprint density at radius 3 is 1.85 bits per heavy atom. The van der Waals surface area contributed by atoms with Crippen LogP contribution in [0.3, 0.4) is 0 Å². The predicted molar refractivity (Wildman–Crippen MR) is 236 cm³/mol. The van der Waals surface area contributed by atoms with Gasteiger partial charge in [-0.3, -0.25) is 14.4 Å². The molecule has 59 heavy (non-hydrogen) atoms. The van der Waals surface area contributed by atoms with E-state index >= 15 is 0 Å². The number of nitrogens with one attached hydrogen (secondary N) is 2. The summed E-state index contributed by atoms with van der Waals surface area (Å²) in [5, 5.41) is 0. The van der Waals surface area contributed by atoms with Gasteiger partial charge in [0.25, 0.3) is 0 Å². The Balaban J connectivity index is 1.80. The van der Waals surface area contributed by atoms with Gasteiger partial charge in [0.2, 0.25) is 0 Å². The number of ether oxygens (including phenoxy) is 3. The average Bonchev–Trinajstić information content (AvgIpc) is 3.95. The Kier molecular flexibility index (Phi) is 13.7. The Hall–Kier alpha value is -5.77. The number of rotatable bonds is 15. The summed E-state index contributed by atoms with van der Waals surface area (Å²) in [5.41, 5.74) is 19.2. The minimum atomic E-state index is -0.306. The SMILES string of the molecule is CCC1=C(CC)c2nc1cc1[nH]c(cc3nc(cc4[nH]c(c(CC)c4CC)c2-c2ccccc2CC(=O)OC)C(C)=C3CCCC(=O)OC)c(CCCC(=O)OC)c1C. The highest BCUT2D eigenvalue weighted by molar-refractivity contribution is 6.02. The molecule has 10 heteroatoms. The second-order valence-electron chi connectivity index (χ2n) is 15.2. The number of methoxy groups -OCH3 is 3. The average molecular weight is 799 g/mol. The van der Waals surface area contributed by atoms with Gasteiger partial charge in [0.05, 0.1) is 56.0 Å². The van der Waals surface area contributed by atoms with Crippen LogP contribution in [0.25, 0.3) is 55.5 Å². The van der Waals surface area contributed by atoms with E-state index in [-0.39, 0.29) is 24.3 Å². The fourth-order valence-corrected chi connectivity index (χ4v) is 8.82. The van der Waals surface area contributed by atoms with Gasteiger partial charge in [-0.2, -0.15) is 0 Å². The minimum absolute atomic E-state index is 0.123. The Labute approximate surface area is 347 Å². The van der Waals surface area contributed by atoms with Crippen molar-refractivity contribution in [3.8, 4) is 11.1 Å². The molecule has 3 aromatic heterocycles. The van der Waals surface area contributed by atoms with Crippen LogP contribution in [0.15, 0.2) is 42.5 Å². The largest absolute Gasteiger partial charge is 0.469 e. The molecule has 0 unspecified atom stereocenters. The standard InChI is InChI=1S/C49H58N4O6/c1-10-31-33(12-3)48-47(37-19-15-14-18-30(37)24-46(56)59-9)49-34(13-4)32(11-2)41(53-49)26-39-29(6)36(21-17-23-45(55)58-8)43(51-39)27-42-35(20-16-22-44(54)57-7)28(5)38(50-42)25-40(31)52-48/h14-15,18-19,25-27,50,53H,10-13,16-17,20-24H2,1-9H3. The lowest BCUT2D eigenvalue weighted by atomic mass is 9.90. The monoisotopic (exact) mass is 798 g/mol. The highest BCUT2D eigenvalue weighted by Gasteiger charge is 2.27. The molecule has 5 heterocycles. The zero-order valence-corrected chi connectivity index (χ0v) is 36.2. The van der Waals surface area contributed by atoms with E-state index in [0.717, 1.165) is 109 Å². The second kappa shape index (κ2) is 18.9. The van der Waals surface area contributed by atoms with Crippen molar-refractivity contribution >= 4 is 62.3 Å². The van der Waals surface area contributed by atoms with Crippen LogP contribution >= 0.6 is 0 Å². The number of carbonyl (C=O) groups excluding carboxylic acids is 3. The lowest BCUT2D eigenvalue weighted by Gasteiger charge is -2.14. The van der Waals surface area contributed by atoms with Gasteiger partial charge < -0.3 is 24.2 Å². The Morgan fingerprint density at radius 2 is 1.20 bits per heavy atom. The van der Waals surface area contributed by atoms with Crippen LogP contribution in [0.5, 0.6) is 0 Å². The molecule has 4 aromatic rings. The molecular weight excluding hydrogens is 741 g/mol. The Morgan fingerprint density at radius 1 is 0.610 bits per heavy atom. The van der Waals surface area contributed by atoms with Gasteiger partial charge in [-0.15, -0.1) is 0 Å². The highest BCUT2D eigenvalue weighted by Crippen LogP contribution is 2.44. The van der Waals surface area contributed by atoms with Crippen molar-refractivity contribution in [1.82, 2.24) is 19.9 Å². The Bertz CT molecular complexity index is 2520. The topological polar surface area (TPSA) is 136 Å². The number of allylic oxidation sites excluding steroid dienone is 4. The van der Waals surface area contributed by atoms with Gasteiger partial charge >= 0.3 is 17.9 Å². The van der Waals surface area contributed by atoms with Gasteiger partial charge in [0.1, 0.15) is 0 Å². The van der Waals surface area contributed by atoms with Crippen LogP contribution < -0.4 is 0 Å². The fourth-order valence-electron chi connectivity index (χ4n) is 8.82. The number of H-pyrrole nitrogens is 2. The molecule has 1 aromatic carbocycles. The van der Waals surface area contributed by atoms with Crippen molar-refractivity contribution in [2.75, 3.05) is 21.3 Å². The number of aromatic amines is 2. The van der Waals surface area contributed by atoms with Crippen molar-refractivity contribution in [3.05, 3.63) is 93.1 Å². The van der Waals surface area contributed by atoms with Crippen molar-refractivity contribution in [2.45, 2.75) is 112 Å². The third-order valence-electron chi connectivity index (χ3n) is 11.9. The zero-order valence-electron chi connectivity index (χ0n) is 36.2. The number of hydrogen-bond acceptors (Lipinski definition) is 8. The second-order valence-corrected chi connectivity index (χ2v) is 15.2. The van der Waals surface area contributed by atoms with Gasteiger partial charge in [0, 0.05) is 35.0 Å². The molecule has 0 spiro atoms. The van der Waals surface area contributed by atoms with E-state index in [4.69, 9.17) is 24.2 Å². The third kappa shape index (κ3) is 8.68. The summed E-state index contributed by atoms with van der Waals surface area (Å²) in [7, 11) is 4.27. The summed E-state index contributed by atoms with van der Waals surface area (Å²) in [6.07, 6.45) is 6.42. The molecule has 310 valence electrons. The molecule has 2 aliphatic rings. The normalized spacial score (nSPS) is 12.6. The molecule has 2 aliphatic heterocycles. The molecule has 0 aliphatic carbocycles. The first-order valence-corrected chi connectivity index (χ1v) is 21.0. The quantitative estimate of drug-likeness (QED) is 0.0896. The van der Waals surface area contributed by atoms with Crippen LogP contribution in [-0.4, -0.2) is 59.2 Å². The van der Waals surface area contributed by atoms with Crippen molar-refractivity contribution in [2.24, 2.45) is 0 Å². The number of carbonyl (C=O) groups is 3. The van der Waals surface area contributed by atoms with Crippen LogP contribution in [0, 0.1) is 6.92 Å². The van der Waals surface area contributed by atoms with E-state index in [9.17, 15) is 14.4 Å². The predicted octanol–water partition coefficient (Wildman–Crippen LogP) is 10.6. The summed E-state index contributed by atoms with van der Waals surface area (Å²) < 4.78 is 15.1. The number of esters is 3. The maximum absolute atomic E-state index is 12.9. The summed E-state index contributed by atoms with van der Waals surface area (Å²) in [6.45, 7) is 13.0. The number of aromatic nitrogens is 4. The summed E-state index contributed by atoms with van der Waals surface area (Å²) in [6, 6.07) is 14.6. The molecule has 0 saturated carbocycles. The summed E-state index contributed by atoms with van der Waals surface area (Å²) in [5.74, 6) is -0.779. The van der Waals surface area contributed by atoms with E-state index < -0.39 is 0 Å². The number of benzene rings is 1. The molecule has 6 rings (SSSR count). The molecule has 0 saturated heterocycles. The van der Waals surface area contributed by atoms with E-state index in [1.165, 1.54) is 43.6 Å². The maximum Gasteiger partial charge on any atom is 0.309 e. The van der Waals surface area contributed by atoms with Crippen LogP contribution in [0.2, 0.25) is 0 Å². The van der Waals surface area contributed by atoms with Gasteiger partial charge in [-0.25, -0.2) is 9.97 Å². The number of hydrogen-bond donors (Lipinski definition) is 2. The first-order chi connectivity index (χ1) is 28.5. The molecule has 0 fully saturated rings. The molecule has 0 radical (unpaired) electrons. The van der Waals surface area contributed by atoms with Gasteiger partial charge in [-0.05, 0) is 139 Å². The van der Waals surface area contributed by atoms with Crippen molar-refractivity contribution < 1.29 is 28.6 Å². The molecule has 10 nitrogen and oxygen atoms in total. The van der Waals surface area contributed by atoms with Crippen molar-refractivity contribution in [1.29, 1.82) is 0 Å². The van der Waals surface area contributed by atoms with E-state index in [0.29, 0.717) is 38.5 Å². The number of nitrogens with zero attached hydrogens (tertiary/aromatic N) is 2. The summed E-state index contributed by atoms with van der Waals surface area (Å²) in [4.78, 5) is 55.9. The fraction of sp³-hybridized carbons (Fsp3) is 0.408. The highest BCUT2D eigenvalue weighted by atomic mass is 16.5. The van der Waals surface area contributed by atoms with Crippen LogP contribution in [0.1, 0.15) is 130 Å². The van der Waals surface area contributed by atoms with Crippen LogP contribution in [0.4, 0.5) is 0 Å². The zero-order chi connectivity index (χ0) is 42.4. The van der Waals surface area contributed by atoms with Gasteiger partial charge in [-0.1, -0.05) is 52.0 Å². The molecule has 0 atom stereocenters. The minimum Gasteiger partial charge on any atom is -0.469 e. The number of fused-ring (bicyclic) bond motifs is 8. The molecule has 8 bridgehead atoms. The van der Waals surface area contributed by atoms with Crippen LogP contribution in [-0.2, 0) is 54.3 Å². The lowest BCUT2D eigenvalue weighted by molar-refractivity contribution is -0.141. The summed E-state index contributed by atoms with van der Waals surface area (Å²) >= 11 is 0. The van der Waals surface area contributed by atoms with Crippen molar-refractivity contribution in [3.63, 3.8) is 0 Å². The number of aryl methyl sites for hydroxylation is 4. The molecular formula is C49H58N4O6. The maximum atomic E-state index is 12.9. The lowest BCUT2D eigenvalue weighted by Crippen LogP contribution is -2.06.